The molecule has 0 spiro atoms. The monoisotopic (exact) mass is 342 g/mol. The first-order valence-electron chi connectivity index (χ1n) is 6.74. The van der Waals surface area contributed by atoms with Crippen molar-refractivity contribution in [3.8, 4) is 0 Å². The van der Waals surface area contributed by atoms with Gasteiger partial charge in [-0.05, 0) is 45.8 Å². The van der Waals surface area contributed by atoms with Gasteiger partial charge in [0.05, 0.1) is 11.3 Å². The Morgan fingerprint density at radius 3 is 2.65 bits per heavy atom. The molecule has 1 saturated heterocycles. The molecule has 0 aliphatic carbocycles. The number of nitrogens with zero attached hydrogens (tertiary/aromatic N) is 1. The molecule has 1 aromatic rings. The summed E-state index contributed by atoms with van der Waals surface area (Å²) in [5.41, 5.74) is 6.18. The van der Waals surface area contributed by atoms with Crippen molar-refractivity contribution in [3.63, 3.8) is 0 Å². The van der Waals surface area contributed by atoms with Gasteiger partial charge >= 0.3 is 0 Å². The van der Waals surface area contributed by atoms with E-state index in [0.717, 1.165) is 19.5 Å². The maximum Gasteiger partial charge on any atom is 0.255 e. The molecule has 5 heteroatoms. The summed E-state index contributed by atoms with van der Waals surface area (Å²) < 4.78 is 13.8. The third-order valence-electron chi connectivity index (χ3n) is 4.02. The molecule has 20 heavy (non-hydrogen) atoms. The summed E-state index contributed by atoms with van der Waals surface area (Å²) in [5.74, 6) is -0.110. The highest BCUT2D eigenvalue weighted by molar-refractivity contribution is 9.10. The highest BCUT2D eigenvalue weighted by Crippen LogP contribution is 2.35. The van der Waals surface area contributed by atoms with Gasteiger partial charge in [0.2, 0.25) is 0 Å². The molecular weight excluding hydrogens is 323 g/mol. The first-order chi connectivity index (χ1) is 9.20. The molecule has 1 aromatic carbocycles. The minimum atomic E-state index is -0.512. The number of nitrogens with two attached hydrogens (primary N) is 1. The third-order valence-corrected chi connectivity index (χ3v) is 4.67. The Kier molecular flexibility index (Phi) is 4.09. The van der Waals surface area contributed by atoms with E-state index in [-0.39, 0.29) is 17.0 Å². The number of benzene rings is 1. The second-order valence-corrected chi connectivity index (χ2v) is 7.31. The van der Waals surface area contributed by atoms with E-state index in [4.69, 9.17) is 5.73 Å². The van der Waals surface area contributed by atoms with Gasteiger partial charge in [0.1, 0.15) is 5.82 Å². The Hall–Kier alpha value is -1.10. The minimum Gasteiger partial charge on any atom is -0.396 e. The van der Waals surface area contributed by atoms with Gasteiger partial charge in [0, 0.05) is 17.6 Å². The van der Waals surface area contributed by atoms with Crippen molar-refractivity contribution in [2.75, 3.05) is 18.8 Å². The number of carbonyl (C=O) groups excluding carboxylic acids is 1. The van der Waals surface area contributed by atoms with Crippen LogP contribution < -0.4 is 5.73 Å². The summed E-state index contributed by atoms with van der Waals surface area (Å²) in [6, 6.07) is 2.66. The summed E-state index contributed by atoms with van der Waals surface area (Å²) in [6.45, 7) is 8.06. The number of likely N-dealkylation sites (tertiary alicyclic amines) is 1. The maximum atomic E-state index is 13.3. The summed E-state index contributed by atoms with van der Waals surface area (Å²) >= 11 is 3.24. The lowest BCUT2D eigenvalue weighted by Gasteiger charge is -2.27. The van der Waals surface area contributed by atoms with Crippen LogP contribution in [0, 0.1) is 17.2 Å². The zero-order valence-corrected chi connectivity index (χ0v) is 13.6. The van der Waals surface area contributed by atoms with Crippen molar-refractivity contribution >= 4 is 27.5 Å². The standard InChI is InChI=1S/C15H20BrFN2O/c1-15(2,3)9-4-5-19(8-9)14(20)10-6-13(18)12(17)7-11(10)16/h6-7,9H,4-5,8,18H2,1-3H3. The molecule has 110 valence electrons. The summed E-state index contributed by atoms with van der Waals surface area (Å²) in [6.07, 6.45) is 1.00. The van der Waals surface area contributed by atoms with Crippen LogP contribution in [0.5, 0.6) is 0 Å². The molecule has 2 N–H and O–H groups in total. The molecule has 1 aliphatic rings. The molecule has 0 radical (unpaired) electrons. The second kappa shape index (κ2) is 5.35. The quantitative estimate of drug-likeness (QED) is 0.791. The van der Waals surface area contributed by atoms with E-state index in [9.17, 15) is 9.18 Å². The van der Waals surface area contributed by atoms with Crippen LogP contribution in [0.3, 0.4) is 0 Å². The van der Waals surface area contributed by atoms with E-state index in [0.29, 0.717) is 16.0 Å². The van der Waals surface area contributed by atoms with Gasteiger partial charge in [0.25, 0.3) is 5.91 Å². The summed E-state index contributed by atoms with van der Waals surface area (Å²) in [5, 5.41) is 0. The third kappa shape index (κ3) is 2.97. The fourth-order valence-electron chi connectivity index (χ4n) is 2.55. The molecule has 3 nitrogen and oxygen atoms in total. The van der Waals surface area contributed by atoms with E-state index in [1.54, 1.807) is 0 Å². The zero-order chi connectivity index (χ0) is 15.1. The Morgan fingerprint density at radius 2 is 2.10 bits per heavy atom. The maximum absolute atomic E-state index is 13.3. The van der Waals surface area contributed by atoms with Crippen LogP contribution in [0.2, 0.25) is 0 Å². The van der Waals surface area contributed by atoms with E-state index in [1.165, 1.54) is 12.1 Å². The molecule has 1 amide bonds. The van der Waals surface area contributed by atoms with Gasteiger partial charge in [0.15, 0.2) is 0 Å². The van der Waals surface area contributed by atoms with Gasteiger partial charge < -0.3 is 10.6 Å². The number of anilines is 1. The largest absolute Gasteiger partial charge is 0.396 e. The van der Waals surface area contributed by atoms with Crippen molar-refractivity contribution < 1.29 is 9.18 Å². The number of hydrogen-bond donors (Lipinski definition) is 1. The topological polar surface area (TPSA) is 46.3 Å². The molecule has 0 bridgehead atoms. The van der Waals surface area contributed by atoms with Gasteiger partial charge in [-0.3, -0.25) is 4.79 Å². The predicted octanol–water partition coefficient (Wildman–Crippen LogP) is 3.68. The van der Waals surface area contributed by atoms with Crippen LogP contribution >= 0.6 is 15.9 Å². The number of rotatable bonds is 1. The first-order valence-corrected chi connectivity index (χ1v) is 7.53. The molecule has 1 heterocycles. The van der Waals surface area contributed by atoms with Gasteiger partial charge in [-0.2, -0.15) is 0 Å². The molecule has 1 aliphatic heterocycles. The highest BCUT2D eigenvalue weighted by atomic mass is 79.9. The lowest BCUT2D eigenvalue weighted by Crippen LogP contribution is -2.31. The van der Waals surface area contributed by atoms with Gasteiger partial charge in [-0.25, -0.2) is 4.39 Å². The average Bonchev–Trinajstić information content (AvgIpc) is 2.82. The molecule has 2 rings (SSSR count). The number of carbonyl (C=O) groups is 1. The number of amides is 1. The van der Waals surface area contributed by atoms with Crippen LogP contribution in [0.4, 0.5) is 10.1 Å². The number of hydrogen-bond acceptors (Lipinski definition) is 2. The predicted molar refractivity (Wildman–Crippen MR) is 82.0 cm³/mol. The molecule has 0 saturated carbocycles. The van der Waals surface area contributed by atoms with Crippen LogP contribution in [0.1, 0.15) is 37.6 Å². The van der Waals surface area contributed by atoms with Crippen molar-refractivity contribution in [3.05, 3.63) is 28.0 Å². The molecule has 1 atom stereocenters. The second-order valence-electron chi connectivity index (χ2n) is 6.46. The highest BCUT2D eigenvalue weighted by Gasteiger charge is 2.34. The number of halogens is 2. The van der Waals surface area contributed by atoms with Gasteiger partial charge in [-0.15, -0.1) is 0 Å². The number of nitrogen functional groups attached to an aromatic ring is 1. The van der Waals surface area contributed by atoms with Gasteiger partial charge in [-0.1, -0.05) is 20.8 Å². The fraction of sp³-hybridized carbons (Fsp3) is 0.533. The van der Waals surface area contributed by atoms with Crippen LogP contribution in [0.15, 0.2) is 16.6 Å². The average molecular weight is 343 g/mol. The smallest absolute Gasteiger partial charge is 0.255 e. The lowest BCUT2D eigenvalue weighted by atomic mass is 9.80. The van der Waals surface area contributed by atoms with Crippen molar-refractivity contribution in [1.29, 1.82) is 0 Å². The van der Waals surface area contributed by atoms with E-state index in [1.807, 2.05) is 4.90 Å². The van der Waals surface area contributed by atoms with Crippen LogP contribution in [0.25, 0.3) is 0 Å². The summed E-state index contributed by atoms with van der Waals surface area (Å²) in [7, 11) is 0. The van der Waals surface area contributed by atoms with Crippen molar-refractivity contribution in [1.82, 2.24) is 4.90 Å². The van der Waals surface area contributed by atoms with E-state index < -0.39 is 5.82 Å². The lowest BCUT2D eigenvalue weighted by molar-refractivity contribution is 0.0775. The first kappa shape index (κ1) is 15.3. The molecular formula is C15H20BrFN2O. The van der Waals surface area contributed by atoms with Crippen molar-refractivity contribution in [2.24, 2.45) is 11.3 Å². The Labute approximate surface area is 127 Å². The Balaban J connectivity index is 2.20. The zero-order valence-electron chi connectivity index (χ0n) is 12.0. The SMILES string of the molecule is CC(C)(C)C1CCN(C(=O)c2cc(N)c(F)cc2Br)C1. The summed E-state index contributed by atoms with van der Waals surface area (Å²) in [4.78, 5) is 14.3. The minimum absolute atomic E-state index is 0.00289. The molecule has 0 aromatic heterocycles. The Morgan fingerprint density at radius 1 is 1.45 bits per heavy atom. The van der Waals surface area contributed by atoms with E-state index in [2.05, 4.69) is 36.7 Å². The molecule has 1 unspecified atom stereocenters. The Bertz CT molecular complexity index is 539. The van der Waals surface area contributed by atoms with Crippen LogP contribution in [-0.4, -0.2) is 23.9 Å². The molecule has 1 fully saturated rings. The van der Waals surface area contributed by atoms with Crippen LogP contribution in [-0.2, 0) is 0 Å². The normalized spacial score (nSPS) is 19.4. The van der Waals surface area contributed by atoms with E-state index >= 15 is 0 Å². The van der Waals surface area contributed by atoms with Crippen molar-refractivity contribution in [2.45, 2.75) is 27.2 Å². The fourth-order valence-corrected chi connectivity index (χ4v) is 3.04.